The number of amides is 1. The number of nitrogens with zero attached hydrogens (tertiary/aromatic N) is 2. The fraction of sp³-hybridized carbons (Fsp3) is 0.0588. The Kier molecular flexibility index (Phi) is 5.30. The van der Waals surface area contributed by atoms with Gasteiger partial charge in [-0.3, -0.25) is 9.48 Å². The minimum Gasteiger partial charge on any atom is -0.304 e. The summed E-state index contributed by atoms with van der Waals surface area (Å²) in [5, 5.41) is 7.08. The van der Waals surface area contributed by atoms with E-state index in [2.05, 4.69) is 48.9 Å². The van der Waals surface area contributed by atoms with Crippen molar-refractivity contribution in [3.8, 4) is 0 Å². The predicted molar refractivity (Wildman–Crippen MR) is 103 cm³/mol. The summed E-state index contributed by atoms with van der Waals surface area (Å²) in [6.07, 6.45) is 1.71. The van der Waals surface area contributed by atoms with Crippen molar-refractivity contribution in [3.63, 3.8) is 0 Å². The zero-order chi connectivity index (χ0) is 17.1. The lowest BCUT2D eigenvalue weighted by molar-refractivity contribution is 0.102. The van der Waals surface area contributed by atoms with Gasteiger partial charge in [0, 0.05) is 15.3 Å². The molecule has 3 rings (SSSR count). The van der Waals surface area contributed by atoms with Crippen molar-refractivity contribution in [1.29, 1.82) is 0 Å². The van der Waals surface area contributed by atoms with E-state index in [1.165, 1.54) is 6.07 Å². The zero-order valence-electron chi connectivity index (χ0n) is 12.3. The maximum absolute atomic E-state index is 13.7. The third kappa shape index (κ3) is 3.84. The van der Waals surface area contributed by atoms with E-state index < -0.39 is 0 Å². The normalized spacial score (nSPS) is 10.6. The Morgan fingerprint density at radius 2 is 1.92 bits per heavy atom. The second-order valence-corrected chi connectivity index (χ2v) is 7.07. The molecule has 0 aliphatic carbocycles. The number of halogens is 3. The summed E-state index contributed by atoms with van der Waals surface area (Å²) in [4.78, 5) is 12.4. The van der Waals surface area contributed by atoms with Gasteiger partial charge in [0.05, 0.1) is 16.6 Å². The van der Waals surface area contributed by atoms with Gasteiger partial charge >= 0.3 is 0 Å². The number of rotatable bonds is 4. The molecule has 0 fully saturated rings. The lowest BCUT2D eigenvalue weighted by Gasteiger charge is -2.05. The molecule has 0 saturated heterocycles. The second-order valence-electron chi connectivity index (χ2n) is 5.05. The Hall–Kier alpha value is -1.74. The Morgan fingerprint density at radius 1 is 1.21 bits per heavy atom. The molecule has 24 heavy (non-hydrogen) atoms. The van der Waals surface area contributed by atoms with Crippen LogP contribution in [0.25, 0.3) is 0 Å². The molecule has 3 aromatic rings. The lowest BCUT2D eigenvalue weighted by Crippen LogP contribution is -2.14. The van der Waals surface area contributed by atoms with Gasteiger partial charge in [0.2, 0.25) is 0 Å². The predicted octanol–water partition coefficient (Wildman–Crippen LogP) is 4.69. The van der Waals surface area contributed by atoms with Crippen LogP contribution in [-0.4, -0.2) is 15.7 Å². The molecule has 0 aliphatic heterocycles. The standard InChI is InChI=1S/C17H12BrFIN3O/c18-13-10-23(9-11-5-1-3-7-14(11)19)22-16(13)21-17(24)12-6-2-4-8-15(12)20/h1-8,10H,9H2,(H,21,22,24). The van der Waals surface area contributed by atoms with Crippen LogP contribution in [0, 0.1) is 9.39 Å². The topological polar surface area (TPSA) is 46.9 Å². The maximum Gasteiger partial charge on any atom is 0.257 e. The SMILES string of the molecule is O=C(Nc1nn(Cc2ccccc2F)cc1Br)c1ccccc1I. The molecule has 0 atom stereocenters. The smallest absolute Gasteiger partial charge is 0.257 e. The molecule has 0 saturated carbocycles. The van der Waals surface area contributed by atoms with Crippen molar-refractivity contribution >= 4 is 50.2 Å². The second kappa shape index (κ2) is 7.43. The van der Waals surface area contributed by atoms with Gasteiger partial charge in [0.15, 0.2) is 5.82 Å². The number of anilines is 1. The summed E-state index contributed by atoms with van der Waals surface area (Å²) in [6.45, 7) is 0.282. The average molecular weight is 500 g/mol. The first-order valence-corrected chi connectivity index (χ1v) is 8.94. The Labute approximate surface area is 160 Å². The maximum atomic E-state index is 13.7. The van der Waals surface area contributed by atoms with Crippen molar-refractivity contribution in [1.82, 2.24) is 9.78 Å². The number of nitrogens with one attached hydrogen (secondary N) is 1. The van der Waals surface area contributed by atoms with E-state index in [-0.39, 0.29) is 18.3 Å². The largest absolute Gasteiger partial charge is 0.304 e. The summed E-state index contributed by atoms with van der Waals surface area (Å²) < 4.78 is 16.8. The minimum absolute atomic E-state index is 0.239. The van der Waals surface area contributed by atoms with Gasteiger partial charge < -0.3 is 5.32 Å². The van der Waals surface area contributed by atoms with Gasteiger partial charge in [-0.25, -0.2) is 4.39 Å². The molecular formula is C17H12BrFIN3O. The molecule has 2 aromatic carbocycles. The number of aromatic nitrogens is 2. The molecule has 1 N–H and O–H groups in total. The third-order valence-electron chi connectivity index (χ3n) is 3.36. The van der Waals surface area contributed by atoms with Gasteiger partial charge in [0.1, 0.15) is 5.82 Å². The van der Waals surface area contributed by atoms with Crippen LogP contribution in [0.2, 0.25) is 0 Å². The Morgan fingerprint density at radius 3 is 2.67 bits per heavy atom. The molecule has 0 aliphatic rings. The van der Waals surface area contributed by atoms with E-state index in [9.17, 15) is 9.18 Å². The summed E-state index contributed by atoms with van der Waals surface area (Å²) in [5.74, 6) is -0.124. The third-order valence-corrected chi connectivity index (χ3v) is 4.88. The highest BCUT2D eigenvalue weighted by Crippen LogP contribution is 2.22. The first kappa shape index (κ1) is 17.1. The van der Waals surface area contributed by atoms with E-state index >= 15 is 0 Å². The summed E-state index contributed by atoms with van der Waals surface area (Å²) >= 11 is 5.49. The van der Waals surface area contributed by atoms with Crippen molar-refractivity contribution in [2.24, 2.45) is 0 Å². The van der Waals surface area contributed by atoms with Gasteiger partial charge in [0.25, 0.3) is 5.91 Å². The minimum atomic E-state index is -0.284. The van der Waals surface area contributed by atoms with E-state index in [0.29, 0.717) is 21.4 Å². The van der Waals surface area contributed by atoms with E-state index in [1.54, 1.807) is 35.1 Å². The zero-order valence-corrected chi connectivity index (χ0v) is 16.1. The molecule has 122 valence electrons. The summed E-state index contributed by atoms with van der Waals surface area (Å²) in [5.41, 5.74) is 1.11. The van der Waals surface area contributed by atoms with Crippen LogP contribution in [-0.2, 0) is 6.54 Å². The molecule has 0 unspecified atom stereocenters. The van der Waals surface area contributed by atoms with Crippen molar-refractivity contribution in [3.05, 3.63) is 79.7 Å². The van der Waals surface area contributed by atoms with Gasteiger partial charge in [-0.15, -0.1) is 0 Å². The lowest BCUT2D eigenvalue weighted by atomic mass is 10.2. The molecule has 4 nitrogen and oxygen atoms in total. The molecule has 0 bridgehead atoms. The molecule has 1 aromatic heterocycles. The molecular weight excluding hydrogens is 488 g/mol. The van der Waals surface area contributed by atoms with Crippen LogP contribution in [0.15, 0.2) is 59.2 Å². The summed E-state index contributed by atoms with van der Waals surface area (Å²) in [7, 11) is 0. The van der Waals surface area contributed by atoms with Gasteiger partial charge in [-0.2, -0.15) is 5.10 Å². The van der Waals surface area contributed by atoms with Crippen LogP contribution in [0.1, 0.15) is 15.9 Å². The fourth-order valence-corrected chi connectivity index (χ4v) is 3.23. The first-order valence-electron chi connectivity index (χ1n) is 7.07. The van der Waals surface area contributed by atoms with E-state index in [4.69, 9.17) is 0 Å². The Bertz CT molecular complexity index is 897. The van der Waals surface area contributed by atoms with Crippen LogP contribution in [0.4, 0.5) is 10.2 Å². The van der Waals surface area contributed by atoms with Crippen LogP contribution in [0.5, 0.6) is 0 Å². The fourth-order valence-electron chi connectivity index (χ4n) is 2.18. The molecule has 0 spiro atoms. The number of benzene rings is 2. The molecule has 1 amide bonds. The number of carbonyl (C=O) groups is 1. The molecule has 7 heteroatoms. The quantitative estimate of drug-likeness (QED) is 0.529. The highest BCUT2D eigenvalue weighted by atomic mass is 127. The number of hydrogen-bond donors (Lipinski definition) is 1. The average Bonchev–Trinajstić information content (AvgIpc) is 2.89. The van der Waals surface area contributed by atoms with Crippen LogP contribution >= 0.6 is 38.5 Å². The summed E-state index contributed by atoms with van der Waals surface area (Å²) in [6, 6.07) is 13.8. The van der Waals surface area contributed by atoms with Gasteiger partial charge in [-0.05, 0) is 56.7 Å². The first-order chi connectivity index (χ1) is 11.5. The highest BCUT2D eigenvalue weighted by Gasteiger charge is 2.14. The van der Waals surface area contributed by atoms with E-state index in [0.717, 1.165) is 3.57 Å². The highest BCUT2D eigenvalue weighted by molar-refractivity contribution is 14.1. The van der Waals surface area contributed by atoms with Crippen molar-refractivity contribution in [2.45, 2.75) is 6.54 Å². The Balaban J connectivity index is 1.78. The number of carbonyl (C=O) groups excluding carboxylic acids is 1. The molecule has 1 heterocycles. The van der Waals surface area contributed by atoms with Crippen molar-refractivity contribution < 1.29 is 9.18 Å². The number of hydrogen-bond acceptors (Lipinski definition) is 2. The van der Waals surface area contributed by atoms with E-state index in [1.807, 2.05) is 18.2 Å². The van der Waals surface area contributed by atoms with Gasteiger partial charge in [-0.1, -0.05) is 30.3 Å². The van der Waals surface area contributed by atoms with Crippen LogP contribution in [0.3, 0.4) is 0 Å². The van der Waals surface area contributed by atoms with Crippen molar-refractivity contribution in [2.75, 3.05) is 5.32 Å². The van der Waals surface area contributed by atoms with Crippen LogP contribution < -0.4 is 5.32 Å². The molecule has 0 radical (unpaired) electrons. The monoisotopic (exact) mass is 499 g/mol.